The van der Waals surface area contributed by atoms with Crippen LogP contribution in [0, 0.1) is 0 Å². The smallest absolute Gasteiger partial charge is 0.272 e. The number of rotatable bonds is 6. The van der Waals surface area contributed by atoms with Gasteiger partial charge in [-0.1, -0.05) is 35.9 Å². The molecule has 9 heteroatoms. The lowest BCUT2D eigenvalue weighted by Crippen LogP contribution is -2.27. The summed E-state index contributed by atoms with van der Waals surface area (Å²) in [5.74, 6) is 0.437. The maximum atomic E-state index is 12.9. The monoisotopic (exact) mass is 459 g/mol. The predicted octanol–water partition coefficient (Wildman–Crippen LogP) is 4.51. The number of anilines is 1. The summed E-state index contributed by atoms with van der Waals surface area (Å²) >= 11 is 6.17. The minimum atomic E-state index is -3.61. The highest BCUT2D eigenvalue weighted by molar-refractivity contribution is 7.89. The third-order valence-corrected chi connectivity index (χ3v) is 7.28. The van der Waals surface area contributed by atoms with Gasteiger partial charge in [-0.3, -0.25) is 4.79 Å². The lowest BCUT2D eigenvalue weighted by atomic mass is 10.2. The number of hydrogen-bond donors (Lipinski definition) is 1. The number of aromatic nitrogens is 1. The highest BCUT2D eigenvalue weighted by atomic mass is 35.5. The van der Waals surface area contributed by atoms with Crippen molar-refractivity contribution in [2.75, 3.05) is 18.4 Å². The van der Waals surface area contributed by atoms with Crippen molar-refractivity contribution in [3.8, 4) is 11.5 Å². The van der Waals surface area contributed by atoms with Crippen molar-refractivity contribution < 1.29 is 17.9 Å². The number of sulfonamides is 1. The Balaban J connectivity index is 1.57. The van der Waals surface area contributed by atoms with Crippen LogP contribution in [0.25, 0.3) is 0 Å². The molecule has 0 spiro atoms. The molecule has 1 aliphatic rings. The van der Waals surface area contributed by atoms with Crippen LogP contribution in [0.15, 0.2) is 65.7 Å². The summed E-state index contributed by atoms with van der Waals surface area (Å²) in [7, 11) is -1.96. The van der Waals surface area contributed by atoms with Crippen molar-refractivity contribution in [3.05, 3.63) is 71.5 Å². The summed E-state index contributed by atoms with van der Waals surface area (Å²) in [5.41, 5.74) is 0.669. The highest BCUT2D eigenvalue weighted by Gasteiger charge is 2.29. The van der Waals surface area contributed by atoms with E-state index in [1.807, 2.05) is 0 Å². The largest absolute Gasteiger partial charge is 0.454 e. The minimum absolute atomic E-state index is 0.114. The van der Waals surface area contributed by atoms with E-state index in [9.17, 15) is 13.2 Å². The molecule has 0 aliphatic carbocycles. The van der Waals surface area contributed by atoms with Gasteiger partial charge in [-0.05, 0) is 43.2 Å². The number of aryl methyl sites for hydroxylation is 1. The maximum absolute atomic E-state index is 12.9. The van der Waals surface area contributed by atoms with Crippen LogP contribution in [0.5, 0.6) is 11.5 Å². The van der Waals surface area contributed by atoms with E-state index in [-0.39, 0.29) is 10.6 Å². The molecule has 162 valence electrons. The molecule has 7 nitrogen and oxygen atoms in total. The molecule has 1 amide bonds. The molecule has 1 aliphatic heterocycles. The second-order valence-electron chi connectivity index (χ2n) is 7.27. The third kappa shape index (κ3) is 4.46. The average molecular weight is 460 g/mol. The van der Waals surface area contributed by atoms with Gasteiger partial charge in [0, 0.05) is 26.3 Å². The van der Waals surface area contributed by atoms with Crippen LogP contribution in [-0.4, -0.2) is 36.3 Å². The zero-order valence-corrected chi connectivity index (χ0v) is 18.5. The van der Waals surface area contributed by atoms with Crippen molar-refractivity contribution in [1.82, 2.24) is 8.87 Å². The van der Waals surface area contributed by atoms with Crippen LogP contribution in [0.4, 0.5) is 5.69 Å². The van der Waals surface area contributed by atoms with Gasteiger partial charge in [0.15, 0.2) is 5.75 Å². The Labute approximate surface area is 186 Å². The van der Waals surface area contributed by atoms with E-state index in [1.165, 1.54) is 21.1 Å². The van der Waals surface area contributed by atoms with Gasteiger partial charge in [-0.2, -0.15) is 4.31 Å². The molecule has 1 aromatic heterocycles. The highest BCUT2D eigenvalue weighted by Crippen LogP contribution is 2.33. The molecule has 2 aromatic carbocycles. The molecular weight excluding hydrogens is 438 g/mol. The van der Waals surface area contributed by atoms with Gasteiger partial charge in [0.05, 0.1) is 10.7 Å². The van der Waals surface area contributed by atoms with Gasteiger partial charge >= 0.3 is 0 Å². The van der Waals surface area contributed by atoms with Crippen LogP contribution in [-0.2, 0) is 17.1 Å². The number of carbonyl (C=O) groups is 1. The number of carbonyl (C=O) groups excluding carboxylic acids is 1. The summed E-state index contributed by atoms with van der Waals surface area (Å²) in [6.07, 6.45) is 3.16. The van der Waals surface area contributed by atoms with E-state index >= 15 is 0 Å². The van der Waals surface area contributed by atoms with Crippen molar-refractivity contribution in [2.24, 2.45) is 7.05 Å². The SMILES string of the molecule is Cn1cc(S(=O)(=O)N2CCCC2)cc1C(=O)Nc1ccccc1Oc1ccccc1Cl. The number of amides is 1. The van der Waals surface area contributed by atoms with Crippen LogP contribution in [0.1, 0.15) is 23.3 Å². The Morgan fingerprint density at radius 2 is 1.68 bits per heavy atom. The van der Waals surface area contributed by atoms with Gasteiger partial charge in [-0.15, -0.1) is 0 Å². The fourth-order valence-corrected chi connectivity index (χ4v) is 5.23. The second kappa shape index (κ2) is 8.74. The lowest BCUT2D eigenvalue weighted by molar-refractivity contribution is 0.101. The maximum Gasteiger partial charge on any atom is 0.272 e. The fraction of sp³-hybridized carbons (Fsp3) is 0.227. The normalized spacial score (nSPS) is 14.5. The van der Waals surface area contributed by atoms with Crippen molar-refractivity contribution in [3.63, 3.8) is 0 Å². The first-order valence-electron chi connectivity index (χ1n) is 9.85. The van der Waals surface area contributed by atoms with Crippen LogP contribution < -0.4 is 10.1 Å². The third-order valence-electron chi connectivity index (χ3n) is 5.11. The van der Waals surface area contributed by atoms with Gasteiger partial charge in [0.1, 0.15) is 16.3 Å². The first kappa shape index (κ1) is 21.4. The molecule has 2 heterocycles. The topological polar surface area (TPSA) is 80.6 Å². The van der Waals surface area contributed by atoms with E-state index < -0.39 is 15.9 Å². The first-order valence-corrected chi connectivity index (χ1v) is 11.7. The second-order valence-corrected chi connectivity index (χ2v) is 9.61. The molecule has 31 heavy (non-hydrogen) atoms. The zero-order valence-electron chi connectivity index (χ0n) is 16.9. The van der Waals surface area contributed by atoms with Gasteiger partial charge < -0.3 is 14.6 Å². The fourth-order valence-electron chi connectivity index (χ4n) is 3.47. The van der Waals surface area contributed by atoms with Crippen molar-refractivity contribution >= 4 is 33.2 Å². The molecule has 4 rings (SSSR count). The van der Waals surface area contributed by atoms with Crippen LogP contribution in [0.2, 0.25) is 5.02 Å². The zero-order chi connectivity index (χ0) is 22.0. The summed E-state index contributed by atoms with van der Waals surface area (Å²) < 4.78 is 34.5. The standard InChI is InChI=1S/C22H22ClN3O4S/c1-25-15-16(31(28,29)26-12-6-7-13-26)14-19(25)22(27)24-18-9-3-5-11-21(18)30-20-10-4-2-8-17(20)23/h2-5,8-11,14-15H,6-7,12-13H2,1H3,(H,24,27). The number of benzene rings is 2. The lowest BCUT2D eigenvalue weighted by Gasteiger charge is -2.13. The molecule has 1 saturated heterocycles. The Kier molecular flexibility index (Phi) is 6.04. The summed E-state index contributed by atoms with van der Waals surface area (Å²) in [6, 6.07) is 15.4. The van der Waals surface area contributed by atoms with E-state index in [4.69, 9.17) is 16.3 Å². The number of para-hydroxylation sites is 3. The van der Waals surface area contributed by atoms with E-state index in [0.29, 0.717) is 35.3 Å². The van der Waals surface area contributed by atoms with Crippen LogP contribution >= 0.6 is 11.6 Å². The first-order chi connectivity index (χ1) is 14.9. The summed E-state index contributed by atoms with van der Waals surface area (Å²) in [4.78, 5) is 13.1. The molecule has 0 unspecified atom stereocenters. The molecule has 3 aromatic rings. The average Bonchev–Trinajstić information content (AvgIpc) is 3.42. The quantitative estimate of drug-likeness (QED) is 0.588. The van der Waals surface area contributed by atoms with E-state index in [0.717, 1.165) is 12.8 Å². The van der Waals surface area contributed by atoms with Crippen LogP contribution in [0.3, 0.4) is 0 Å². The van der Waals surface area contributed by atoms with E-state index in [2.05, 4.69) is 5.32 Å². The molecule has 0 saturated carbocycles. The number of halogens is 1. The van der Waals surface area contributed by atoms with Gasteiger partial charge in [0.25, 0.3) is 5.91 Å². The molecule has 1 fully saturated rings. The number of hydrogen-bond acceptors (Lipinski definition) is 4. The van der Waals surface area contributed by atoms with Gasteiger partial charge in [0.2, 0.25) is 10.0 Å². The van der Waals surface area contributed by atoms with Gasteiger partial charge in [-0.25, -0.2) is 8.42 Å². The Morgan fingerprint density at radius 1 is 1.03 bits per heavy atom. The number of ether oxygens (including phenoxy) is 1. The number of nitrogens with zero attached hydrogens (tertiary/aromatic N) is 2. The Bertz CT molecular complexity index is 1220. The van der Waals surface area contributed by atoms with Crippen molar-refractivity contribution in [2.45, 2.75) is 17.7 Å². The molecule has 1 N–H and O–H groups in total. The minimum Gasteiger partial charge on any atom is -0.454 e. The van der Waals surface area contributed by atoms with E-state index in [1.54, 1.807) is 55.6 Å². The Morgan fingerprint density at radius 3 is 2.39 bits per heavy atom. The number of nitrogens with one attached hydrogen (secondary N) is 1. The predicted molar refractivity (Wildman–Crippen MR) is 119 cm³/mol. The molecule has 0 radical (unpaired) electrons. The van der Waals surface area contributed by atoms with Crippen molar-refractivity contribution in [1.29, 1.82) is 0 Å². The Hall–Kier alpha value is -2.81. The molecule has 0 atom stereocenters. The molecule has 0 bridgehead atoms. The summed E-state index contributed by atoms with van der Waals surface area (Å²) in [6.45, 7) is 1.01. The summed E-state index contributed by atoms with van der Waals surface area (Å²) in [5, 5.41) is 3.25. The molecular formula is C22H22ClN3O4S.